The molecule has 0 atom stereocenters. The molecule has 1 saturated heterocycles. The van der Waals surface area contributed by atoms with Gasteiger partial charge in [0.25, 0.3) is 10.0 Å². The fourth-order valence-corrected chi connectivity index (χ4v) is 4.94. The van der Waals surface area contributed by atoms with Crippen molar-refractivity contribution in [1.82, 2.24) is 0 Å². The predicted molar refractivity (Wildman–Crippen MR) is 51.1 cm³/mol. The molecule has 0 unspecified atom stereocenters. The standard InChI is InChI=1S/C7H12O2Si2/c1-4-7(5-2,6-3)11-8-10-9-11/h4-6,11H,1-3,10H2. The molecule has 0 aromatic carbocycles. The van der Waals surface area contributed by atoms with E-state index in [-0.39, 0.29) is 5.04 Å². The normalized spacial score (nSPS) is 25.6. The molecule has 0 radical (unpaired) electrons. The second-order valence-corrected chi connectivity index (χ2v) is 6.96. The van der Waals surface area contributed by atoms with Gasteiger partial charge < -0.3 is 8.23 Å². The summed E-state index contributed by atoms with van der Waals surface area (Å²) in [4.78, 5) is 0. The zero-order valence-corrected chi connectivity index (χ0v) is 9.02. The van der Waals surface area contributed by atoms with Gasteiger partial charge in [0.2, 0.25) is 0 Å². The number of rotatable bonds is 4. The van der Waals surface area contributed by atoms with Crippen LogP contribution in [0.4, 0.5) is 0 Å². The molecule has 60 valence electrons. The van der Waals surface area contributed by atoms with Crippen LogP contribution in [-0.2, 0) is 8.23 Å². The molecule has 1 rings (SSSR count). The fraction of sp³-hybridized carbons (Fsp3) is 0.143. The molecule has 1 fully saturated rings. The third kappa shape index (κ3) is 1.30. The van der Waals surface area contributed by atoms with E-state index in [2.05, 4.69) is 19.7 Å². The molecule has 11 heavy (non-hydrogen) atoms. The Morgan fingerprint density at radius 3 is 1.64 bits per heavy atom. The molecule has 2 nitrogen and oxygen atoms in total. The minimum absolute atomic E-state index is 0.259. The van der Waals surface area contributed by atoms with E-state index in [1.54, 1.807) is 18.2 Å². The molecule has 1 aliphatic heterocycles. The zero-order valence-electron chi connectivity index (χ0n) is 6.45. The summed E-state index contributed by atoms with van der Waals surface area (Å²) in [7, 11) is -2.18. The highest BCUT2D eigenvalue weighted by molar-refractivity contribution is 6.68. The third-order valence-electron chi connectivity index (χ3n) is 1.91. The summed E-state index contributed by atoms with van der Waals surface area (Å²) in [5.41, 5.74) is 0. The SMILES string of the molecule is C=CC(C=C)(C=C)[SiH]1O[SiH2]O1. The second kappa shape index (κ2) is 3.31. The lowest BCUT2D eigenvalue weighted by Crippen LogP contribution is -2.46. The Labute approximate surface area is 71.1 Å². The molecule has 1 heterocycles. The lowest BCUT2D eigenvalue weighted by Gasteiger charge is -2.37. The zero-order chi connectivity index (χ0) is 8.32. The monoisotopic (exact) mass is 184 g/mol. The molecule has 0 aliphatic carbocycles. The summed E-state index contributed by atoms with van der Waals surface area (Å²) >= 11 is 0. The Morgan fingerprint density at radius 1 is 1.09 bits per heavy atom. The molecule has 0 N–H and O–H groups in total. The van der Waals surface area contributed by atoms with Crippen LogP contribution in [0.5, 0.6) is 0 Å². The molecule has 0 aromatic heterocycles. The van der Waals surface area contributed by atoms with Crippen molar-refractivity contribution in [3.63, 3.8) is 0 Å². The van der Waals surface area contributed by atoms with Crippen LogP contribution in [0.3, 0.4) is 0 Å². The molecule has 0 aromatic rings. The summed E-state index contributed by atoms with van der Waals surface area (Å²) in [5, 5.41) is -0.259. The van der Waals surface area contributed by atoms with Gasteiger partial charge in [-0.25, -0.2) is 0 Å². The highest BCUT2D eigenvalue weighted by Gasteiger charge is 2.40. The fourth-order valence-electron chi connectivity index (χ4n) is 0.963. The lowest BCUT2D eigenvalue weighted by molar-refractivity contribution is 0.299. The van der Waals surface area contributed by atoms with Gasteiger partial charge in [0.05, 0.1) is 5.04 Å². The van der Waals surface area contributed by atoms with Gasteiger partial charge in [-0.3, -0.25) is 0 Å². The summed E-state index contributed by atoms with van der Waals surface area (Å²) in [6.07, 6.45) is 5.41. The van der Waals surface area contributed by atoms with Gasteiger partial charge in [-0.2, -0.15) is 0 Å². The Hall–Kier alpha value is -0.426. The first-order valence-corrected chi connectivity index (χ1v) is 6.10. The maximum absolute atomic E-state index is 5.41. The number of hydrogen-bond acceptors (Lipinski definition) is 2. The number of allylic oxidation sites excluding steroid dienone is 3. The smallest absolute Gasteiger partial charge is 0.321 e. The number of hydrogen-bond donors (Lipinski definition) is 0. The van der Waals surface area contributed by atoms with E-state index in [1.807, 2.05) is 0 Å². The van der Waals surface area contributed by atoms with E-state index in [4.69, 9.17) is 8.23 Å². The largest absolute Gasteiger partial charge is 0.422 e. The van der Waals surface area contributed by atoms with E-state index in [0.29, 0.717) is 0 Å². The maximum atomic E-state index is 5.41. The minimum Gasteiger partial charge on any atom is -0.422 e. The van der Waals surface area contributed by atoms with Crippen LogP contribution in [0.2, 0.25) is 5.04 Å². The van der Waals surface area contributed by atoms with Crippen molar-refractivity contribution in [2.45, 2.75) is 5.04 Å². The van der Waals surface area contributed by atoms with E-state index in [1.165, 1.54) is 0 Å². The van der Waals surface area contributed by atoms with Crippen molar-refractivity contribution < 1.29 is 8.23 Å². The van der Waals surface area contributed by atoms with Crippen LogP contribution in [0.15, 0.2) is 38.0 Å². The summed E-state index contributed by atoms with van der Waals surface area (Å²) in [6, 6.07) is 0. The third-order valence-corrected chi connectivity index (χ3v) is 6.94. The first kappa shape index (κ1) is 8.67. The van der Waals surface area contributed by atoms with Crippen LogP contribution in [0.25, 0.3) is 0 Å². The highest BCUT2D eigenvalue weighted by Crippen LogP contribution is 2.37. The lowest BCUT2D eigenvalue weighted by atomic mass is 10.1. The molecule has 0 bridgehead atoms. The van der Waals surface area contributed by atoms with Gasteiger partial charge in [0.1, 0.15) is 0 Å². The van der Waals surface area contributed by atoms with E-state index in [0.717, 1.165) is 0 Å². The first-order chi connectivity index (χ1) is 5.29. The van der Waals surface area contributed by atoms with Crippen LogP contribution >= 0.6 is 0 Å². The minimum atomic E-state index is -1.54. The Bertz CT molecular complexity index is 165. The molecule has 1 aliphatic rings. The van der Waals surface area contributed by atoms with Gasteiger partial charge in [0, 0.05) is 0 Å². The summed E-state index contributed by atoms with van der Waals surface area (Å²) in [6.45, 7) is 11.2. The van der Waals surface area contributed by atoms with E-state index < -0.39 is 19.3 Å². The topological polar surface area (TPSA) is 18.5 Å². The maximum Gasteiger partial charge on any atom is 0.321 e. The first-order valence-electron chi connectivity index (χ1n) is 3.43. The van der Waals surface area contributed by atoms with Crippen molar-refractivity contribution in [2.24, 2.45) is 0 Å². The predicted octanol–water partition coefficient (Wildman–Crippen LogP) is 0.551. The Morgan fingerprint density at radius 2 is 1.55 bits per heavy atom. The van der Waals surface area contributed by atoms with Crippen molar-refractivity contribution in [3.8, 4) is 0 Å². The van der Waals surface area contributed by atoms with Gasteiger partial charge in [-0.1, -0.05) is 18.2 Å². The van der Waals surface area contributed by atoms with Gasteiger partial charge in [0.15, 0.2) is 0 Å². The van der Waals surface area contributed by atoms with Gasteiger partial charge in [-0.05, 0) is 0 Å². The van der Waals surface area contributed by atoms with Crippen LogP contribution in [-0.4, -0.2) is 19.3 Å². The highest BCUT2D eigenvalue weighted by atomic mass is 28.4. The van der Waals surface area contributed by atoms with Crippen LogP contribution in [0, 0.1) is 0 Å². The quantitative estimate of drug-likeness (QED) is 0.469. The summed E-state index contributed by atoms with van der Waals surface area (Å²) < 4.78 is 10.8. The molecule has 4 heteroatoms. The van der Waals surface area contributed by atoms with Crippen molar-refractivity contribution in [2.75, 3.05) is 0 Å². The van der Waals surface area contributed by atoms with Crippen molar-refractivity contribution in [1.29, 1.82) is 0 Å². The Balaban J connectivity index is 2.77. The van der Waals surface area contributed by atoms with Crippen LogP contribution in [0.1, 0.15) is 0 Å². The van der Waals surface area contributed by atoms with Crippen molar-refractivity contribution in [3.05, 3.63) is 38.0 Å². The molecular formula is C7H12O2Si2. The average Bonchev–Trinajstić information content (AvgIpc) is 1.97. The average molecular weight is 184 g/mol. The van der Waals surface area contributed by atoms with E-state index in [9.17, 15) is 0 Å². The van der Waals surface area contributed by atoms with Crippen molar-refractivity contribution >= 4 is 19.3 Å². The molecule has 0 saturated carbocycles. The Kier molecular flexibility index (Phi) is 2.61. The van der Waals surface area contributed by atoms with Gasteiger partial charge >= 0.3 is 9.28 Å². The summed E-state index contributed by atoms with van der Waals surface area (Å²) in [5.74, 6) is 0. The van der Waals surface area contributed by atoms with E-state index >= 15 is 0 Å². The molecule has 0 spiro atoms. The second-order valence-electron chi connectivity index (χ2n) is 2.40. The van der Waals surface area contributed by atoms with Gasteiger partial charge in [-0.15, -0.1) is 19.7 Å². The molecular weight excluding hydrogens is 172 g/mol. The molecule has 0 amide bonds. The van der Waals surface area contributed by atoms with Crippen LogP contribution < -0.4 is 0 Å².